The van der Waals surface area contributed by atoms with Gasteiger partial charge < -0.3 is 9.84 Å². The number of fused-ring (bicyclic) bond motifs is 1. The molecule has 3 aromatic carbocycles. The smallest absolute Gasteiger partial charge is 0.337 e. The van der Waals surface area contributed by atoms with Gasteiger partial charge in [0, 0.05) is 10.8 Å². The number of aromatic hydroxyl groups is 1. The van der Waals surface area contributed by atoms with Gasteiger partial charge in [-0.1, -0.05) is 6.07 Å². The third-order valence-corrected chi connectivity index (χ3v) is 5.29. The molecule has 0 aromatic heterocycles. The Balaban J connectivity index is 2.08. The molecular formula is C19H14N2O5S. The van der Waals surface area contributed by atoms with E-state index in [0.29, 0.717) is 16.3 Å². The van der Waals surface area contributed by atoms with Gasteiger partial charge in [-0.3, -0.25) is 4.72 Å². The number of hydrogen-bond acceptors (Lipinski definition) is 6. The largest absolute Gasteiger partial charge is 0.508 e. The molecule has 0 fully saturated rings. The van der Waals surface area contributed by atoms with E-state index in [0.717, 1.165) is 0 Å². The fraction of sp³-hybridized carbons (Fsp3) is 0.0526. The second-order valence-corrected chi connectivity index (χ2v) is 7.31. The highest BCUT2D eigenvalue weighted by Gasteiger charge is 2.18. The van der Waals surface area contributed by atoms with Gasteiger partial charge in [-0.15, -0.1) is 0 Å². The first-order valence-corrected chi connectivity index (χ1v) is 9.21. The molecule has 0 spiro atoms. The van der Waals surface area contributed by atoms with Crippen molar-refractivity contribution in [1.82, 2.24) is 0 Å². The van der Waals surface area contributed by atoms with Crippen LogP contribution in [0.1, 0.15) is 15.9 Å². The summed E-state index contributed by atoms with van der Waals surface area (Å²) >= 11 is 0. The number of esters is 1. The summed E-state index contributed by atoms with van der Waals surface area (Å²) < 4.78 is 32.6. The van der Waals surface area contributed by atoms with Crippen molar-refractivity contribution in [3.8, 4) is 11.8 Å². The minimum absolute atomic E-state index is 0.0641. The third-order valence-electron chi connectivity index (χ3n) is 3.93. The first kappa shape index (κ1) is 18.2. The highest BCUT2D eigenvalue weighted by molar-refractivity contribution is 7.92. The van der Waals surface area contributed by atoms with Crippen LogP contribution in [0, 0.1) is 11.3 Å². The standard InChI is InChI=1S/C19H14N2O5S/c1-26-19(23)12-3-2-4-15(9-12)27(24,25)21-18-8-5-13(11-20)16-7-6-14(22)10-17(16)18/h2-10,21-22H,1H3. The van der Waals surface area contributed by atoms with Crippen molar-refractivity contribution in [2.75, 3.05) is 11.8 Å². The third kappa shape index (κ3) is 3.54. The van der Waals surface area contributed by atoms with Gasteiger partial charge in [0.25, 0.3) is 10.0 Å². The lowest BCUT2D eigenvalue weighted by atomic mass is 10.0. The first-order valence-electron chi connectivity index (χ1n) is 7.73. The zero-order valence-electron chi connectivity index (χ0n) is 14.1. The van der Waals surface area contributed by atoms with Crippen LogP contribution in [-0.2, 0) is 14.8 Å². The zero-order valence-corrected chi connectivity index (χ0v) is 14.9. The van der Waals surface area contributed by atoms with E-state index in [4.69, 9.17) is 0 Å². The Morgan fingerprint density at radius 2 is 1.89 bits per heavy atom. The highest BCUT2D eigenvalue weighted by Crippen LogP contribution is 2.31. The SMILES string of the molecule is COC(=O)c1cccc(S(=O)(=O)Nc2ccc(C#N)c3ccc(O)cc23)c1. The maximum atomic E-state index is 12.8. The van der Waals surface area contributed by atoms with Crippen molar-refractivity contribution in [2.45, 2.75) is 4.90 Å². The lowest BCUT2D eigenvalue weighted by Crippen LogP contribution is -2.14. The van der Waals surface area contributed by atoms with Gasteiger partial charge >= 0.3 is 5.97 Å². The summed E-state index contributed by atoms with van der Waals surface area (Å²) in [5.41, 5.74) is 0.645. The van der Waals surface area contributed by atoms with Crippen LogP contribution >= 0.6 is 0 Å². The summed E-state index contributed by atoms with van der Waals surface area (Å²) in [5, 5.41) is 19.8. The Morgan fingerprint density at radius 3 is 2.59 bits per heavy atom. The lowest BCUT2D eigenvalue weighted by molar-refractivity contribution is 0.0600. The Kier molecular flexibility index (Phi) is 4.71. The lowest BCUT2D eigenvalue weighted by Gasteiger charge is -2.12. The monoisotopic (exact) mass is 382 g/mol. The molecule has 0 unspecified atom stereocenters. The Bertz CT molecular complexity index is 1200. The molecule has 0 saturated heterocycles. The van der Waals surface area contributed by atoms with E-state index < -0.39 is 16.0 Å². The molecule has 0 aliphatic rings. The normalized spacial score (nSPS) is 11.0. The molecule has 3 aromatic rings. The van der Waals surface area contributed by atoms with E-state index in [1.165, 1.54) is 55.6 Å². The minimum Gasteiger partial charge on any atom is -0.508 e. The summed E-state index contributed by atoms with van der Waals surface area (Å²) in [5.74, 6) is -0.716. The average Bonchev–Trinajstić information content (AvgIpc) is 2.67. The number of phenolic OH excluding ortho intramolecular Hbond substituents is 1. The zero-order chi connectivity index (χ0) is 19.6. The highest BCUT2D eigenvalue weighted by atomic mass is 32.2. The quantitative estimate of drug-likeness (QED) is 0.670. The van der Waals surface area contributed by atoms with Crippen molar-refractivity contribution in [2.24, 2.45) is 0 Å². The molecule has 0 heterocycles. The number of rotatable bonds is 4. The Morgan fingerprint density at radius 1 is 1.11 bits per heavy atom. The van der Waals surface area contributed by atoms with Crippen LogP contribution in [0.4, 0.5) is 5.69 Å². The number of nitrogens with zero attached hydrogens (tertiary/aromatic N) is 1. The van der Waals surface area contributed by atoms with Crippen LogP contribution in [-0.4, -0.2) is 26.6 Å². The topological polar surface area (TPSA) is 116 Å². The van der Waals surface area contributed by atoms with Crippen LogP contribution in [0.2, 0.25) is 0 Å². The van der Waals surface area contributed by atoms with Crippen molar-refractivity contribution in [3.63, 3.8) is 0 Å². The van der Waals surface area contributed by atoms with Crippen molar-refractivity contribution in [3.05, 3.63) is 65.7 Å². The summed E-state index contributed by atoms with van der Waals surface area (Å²) in [4.78, 5) is 11.5. The average molecular weight is 382 g/mol. The van der Waals surface area contributed by atoms with E-state index in [1.54, 1.807) is 6.07 Å². The van der Waals surface area contributed by atoms with Gasteiger partial charge in [0.05, 0.1) is 34.9 Å². The number of hydrogen-bond donors (Lipinski definition) is 2. The molecule has 0 amide bonds. The second-order valence-electron chi connectivity index (χ2n) is 5.63. The van der Waals surface area contributed by atoms with Crippen LogP contribution in [0.15, 0.2) is 59.5 Å². The van der Waals surface area contributed by atoms with E-state index in [1.807, 2.05) is 6.07 Å². The molecule has 136 valence electrons. The van der Waals surface area contributed by atoms with Crippen LogP contribution in [0.5, 0.6) is 5.75 Å². The molecule has 0 atom stereocenters. The number of phenols is 1. The molecule has 0 radical (unpaired) electrons. The van der Waals surface area contributed by atoms with Gasteiger partial charge in [0.1, 0.15) is 5.75 Å². The predicted octanol–water partition coefficient (Wildman–Crippen LogP) is 3.00. The molecule has 2 N–H and O–H groups in total. The number of nitrogens with one attached hydrogen (secondary N) is 1. The minimum atomic E-state index is -4.02. The van der Waals surface area contributed by atoms with E-state index >= 15 is 0 Å². The Labute approximate surface area is 155 Å². The van der Waals surface area contributed by atoms with Crippen LogP contribution in [0.25, 0.3) is 10.8 Å². The molecule has 0 aliphatic heterocycles. The van der Waals surface area contributed by atoms with Crippen molar-refractivity contribution >= 4 is 32.5 Å². The van der Waals surface area contributed by atoms with Crippen molar-refractivity contribution in [1.29, 1.82) is 5.26 Å². The second kappa shape index (κ2) is 6.97. The number of ether oxygens (including phenoxy) is 1. The Hall–Kier alpha value is -3.57. The molecule has 3 rings (SSSR count). The van der Waals surface area contributed by atoms with Crippen molar-refractivity contribution < 1.29 is 23.1 Å². The fourth-order valence-corrected chi connectivity index (χ4v) is 3.76. The number of sulfonamides is 1. The van der Waals surface area contributed by atoms with Crippen LogP contribution in [0.3, 0.4) is 0 Å². The maximum absolute atomic E-state index is 12.8. The van der Waals surface area contributed by atoms with Gasteiger partial charge in [0.2, 0.25) is 0 Å². The molecule has 0 saturated carbocycles. The molecule has 8 heteroatoms. The molecular weight excluding hydrogens is 368 g/mol. The van der Waals surface area contributed by atoms with Gasteiger partial charge in [-0.25, -0.2) is 13.2 Å². The predicted molar refractivity (Wildman–Crippen MR) is 98.9 cm³/mol. The number of anilines is 1. The first-order chi connectivity index (χ1) is 12.9. The fourth-order valence-electron chi connectivity index (χ4n) is 2.63. The number of carbonyl (C=O) groups excluding carboxylic acids is 1. The number of carbonyl (C=O) groups is 1. The van der Waals surface area contributed by atoms with E-state index in [9.17, 15) is 23.6 Å². The van der Waals surface area contributed by atoms with Gasteiger partial charge in [0.15, 0.2) is 0 Å². The molecule has 0 aliphatic carbocycles. The molecule has 0 bridgehead atoms. The summed E-state index contributed by atoms with van der Waals surface area (Å²) in [6, 6.07) is 14.7. The molecule has 7 nitrogen and oxygen atoms in total. The van der Waals surface area contributed by atoms with E-state index in [-0.39, 0.29) is 21.9 Å². The summed E-state index contributed by atoms with van der Waals surface area (Å²) in [6.07, 6.45) is 0. The van der Waals surface area contributed by atoms with E-state index in [2.05, 4.69) is 9.46 Å². The number of benzene rings is 3. The van der Waals surface area contributed by atoms with Gasteiger partial charge in [-0.2, -0.15) is 5.26 Å². The summed E-state index contributed by atoms with van der Waals surface area (Å²) in [7, 11) is -2.82. The summed E-state index contributed by atoms with van der Waals surface area (Å²) in [6.45, 7) is 0. The van der Waals surface area contributed by atoms with Crippen LogP contribution < -0.4 is 4.72 Å². The molecule has 27 heavy (non-hydrogen) atoms. The number of nitriles is 1. The maximum Gasteiger partial charge on any atom is 0.337 e. The van der Waals surface area contributed by atoms with Gasteiger partial charge in [-0.05, 0) is 48.5 Å². The number of methoxy groups -OCH3 is 1.